The van der Waals surface area contributed by atoms with E-state index in [4.69, 9.17) is 0 Å². The molecule has 1 aromatic carbocycles. The molecule has 0 saturated carbocycles. The number of aromatic nitrogens is 3. The average Bonchev–Trinajstić information content (AvgIpc) is 3.08. The molecule has 4 heteroatoms. The molecule has 4 nitrogen and oxygen atoms in total. The molecule has 0 amide bonds. The highest BCUT2D eigenvalue weighted by atomic mass is 15.3. The molecule has 3 aromatic rings. The predicted molar refractivity (Wildman–Crippen MR) is 83.1 cm³/mol. The molecule has 21 heavy (non-hydrogen) atoms. The van der Waals surface area contributed by atoms with Crippen molar-refractivity contribution in [1.82, 2.24) is 20.1 Å². The van der Waals surface area contributed by atoms with Crippen LogP contribution in [0.3, 0.4) is 0 Å². The van der Waals surface area contributed by atoms with Crippen molar-refractivity contribution in [2.45, 2.75) is 19.5 Å². The van der Waals surface area contributed by atoms with Gasteiger partial charge >= 0.3 is 0 Å². The van der Waals surface area contributed by atoms with Crippen molar-refractivity contribution < 1.29 is 0 Å². The van der Waals surface area contributed by atoms with Crippen LogP contribution in [0.2, 0.25) is 0 Å². The maximum atomic E-state index is 4.36. The Hall–Kier alpha value is -2.46. The van der Waals surface area contributed by atoms with Gasteiger partial charge in [0, 0.05) is 31.2 Å². The van der Waals surface area contributed by atoms with E-state index in [2.05, 4.69) is 46.6 Å². The summed E-state index contributed by atoms with van der Waals surface area (Å²) in [5, 5.41) is 7.71. The van der Waals surface area contributed by atoms with Crippen LogP contribution < -0.4 is 5.32 Å². The lowest BCUT2D eigenvalue weighted by atomic mass is 10.1. The molecule has 1 atom stereocenters. The predicted octanol–water partition coefficient (Wildman–Crippen LogP) is 3.12. The molecule has 0 fully saturated rings. The van der Waals surface area contributed by atoms with Crippen LogP contribution in [0.4, 0.5) is 0 Å². The molecule has 106 valence electrons. The third-order valence-corrected chi connectivity index (χ3v) is 3.45. The van der Waals surface area contributed by atoms with Gasteiger partial charge in [-0.3, -0.25) is 4.98 Å². The number of nitrogens with one attached hydrogen (secondary N) is 1. The van der Waals surface area contributed by atoms with E-state index in [1.165, 1.54) is 5.56 Å². The van der Waals surface area contributed by atoms with E-state index in [1.54, 1.807) is 6.20 Å². The van der Waals surface area contributed by atoms with E-state index < -0.39 is 0 Å². The van der Waals surface area contributed by atoms with Gasteiger partial charge in [-0.05, 0) is 42.8 Å². The molecule has 3 rings (SSSR count). The molecule has 2 heterocycles. The molecule has 2 aromatic heterocycles. The van der Waals surface area contributed by atoms with Crippen molar-refractivity contribution >= 4 is 0 Å². The molecule has 0 bridgehead atoms. The highest BCUT2D eigenvalue weighted by molar-refractivity contribution is 5.33. The normalized spacial score (nSPS) is 12.2. The minimum absolute atomic E-state index is 0.233. The van der Waals surface area contributed by atoms with Crippen LogP contribution in [0, 0.1) is 0 Å². The molecule has 0 spiro atoms. The Morgan fingerprint density at radius 1 is 1.05 bits per heavy atom. The molecule has 0 unspecified atom stereocenters. The van der Waals surface area contributed by atoms with Gasteiger partial charge in [0.05, 0.1) is 11.4 Å². The summed E-state index contributed by atoms with van der Waals surface area (Å²) >= 11 is 0. The molecule has 0 aliphatic carbocycles. The number of hydrogen-bond donors (Lipinski definition) is 1. The third kappa shape index (κ3) is 3.35. The van der Waals surface area contributed by atoms with E-state index in [-0.39, 0.29) is 6.04 Å². The van der Waals surface area contributed by atoms with Crippen LogP contribution >= 0.6 is 0 Å². The van der Waals surface area contributed by atoms with Crippen molar-refractivity contribution in [2.75, 3.05) is 0 Å². The zero-order chi connectivity index (χ0) is 14.5. The van der Waals surface area contributed by atoms with Gasteiger partial charge in [-0.2, -0.15) is 5.10 Å². The van der Waals surface area contributed by atoms with Crippen molar-refractivity contribution in [3.8, 4) is 5.69 Å². The highest BCUT2D eigenvalue weighted by Crippen LogP contribution is 2.12. The van der Waals surface area contributed by atoms with Gasteiger partial charge in [0.25, 0.3) is 0 Å². The Morgan fingerprint density at radius 2 is 1.90 bits per heavy atom. The fourth-order valence-corrected chi connectivity index (χ4v) is 2.20. The summed E-state index contributed by atoms with van der Waals surface area (Å²) in [4.78, 5) is 4.36. The Bertz CT molecular complexity index is 660. The zero-order valence-electron chi connectivity index (χ0n) is 12.0. The van der Waals surface area contributed by atoms with Crippen molar-refractivity contribution in [1.29, 1.82) is 0 Å². The van der Waals surface area contributed by atoms with E-state index in [0.717, 1.165) is 17.9 Å². The quantitative estimate of drug-likeness (QED) is 0.779. The summed E-state index contributed by atoms with van der Waals surface area (Å²) in [6, 6.07) is 16.5. The zero-order valence-corrected chi connectivity index (χ0v) is 12.0. The van der Waals surface area contributed by atoms with Crippen LogP contribution in [0.25, 0.3) is 5.69 Å². The number of pyridine rings is 1. The number of rotatable bonds is 5. The average molecular weight is 278 g/mol. The van der Waals surface area contributed by atoms with Gasteiger partial charge in [0.15, 0.2) is 0 Å². The largest absolute Gasteiger partial charge is 0.305 e. The fraction of sp³-hybridized carbons (Fsp3) is 0.176. The van der Waals surface area contributed by atoms with Crippen LogP contribution in [-0.2, 0) is 6.54 Å². The van der Waals surface area contributed by atoms with Crippen molar-refractivity contribution in [2.24, 2.45) is 0 Å². The minimum atomic E-state index is 0.233. The maximum Gasteiger partial charge on any atom is 0.0645 e. The second kappa shape index (κ2) is 6.33. The van der Waals surface area contributed by atoms with Crippen molar-refractivity contribution in [3.63, 3.8) is 0 Å². The van der Waals surface area contributed by atoms with Crippen LogP contribution in [-0.4, -0.2) is 14.8 Å². The monoisotopic (exact) mass is 278 g/mol. The third-order valence-electron chi connectivity index (χ3n) is 3.45. The molecule has 0 radical (unpaired) electrons. The lowest BCUT2D eigenvalue weighted by Gasteiger charge is -2.13. The van der Waals surface area contributed by atoms with Gasteiger partial charge < -0.3 is 5.32 Å². The van der Waals surface area contributed by atoms with Crippen molar-refractivity contribution in [3.05, 3.63) is 78.4 Å². The van der Waals surface area contributed by atoms with Gasteiger partial charge in [-0.1, -0.05) is 18.2 Å². The van der Waals surface area contributed by atoms with Gasteiger partial charge in [0.2, 0.25) is 0 Å². The summed E-state index contributed by atoms with van der Waals surface area (Å²) < 4.78 is 1.85. The Morgan fingerprint density at radius 3 is 2.57 bits per heavy atom. The summed E-state index contributed by atoms with van der Waals surface area (Å²) in [7, 11) is 0. The van der Waals surface area contributed by atoms with Gasteiger partial charge in [-0.25, -0.2) is 4.68 Å². The molecule has 0 aliphatic heterocycles. The second-order valence-electron chi connectivity index (χ2n) is 4.97. The SMILES string of the molecule is C[C@@H](NCc1ccc(-n2cccn2)cc1)c1ccccn1. The fourth-order valence-electron chi connectivity index (χ4n) is 2.20. The van der Waals surface area contributed by atoms with Crippen LogP contribution in [0.5, 0.6) is 0 Å². The molecule has 1 N–H and O–H groups in total. The topological polar surface area (TPSA) is 42.7 Å². The number of hydrogen-bond acceptors (Lipinski definition) is 3. The molecular weight excluding hydrogens is 260 g/mol. The summed E-state index contributed by atoms with van der Waals surface area (Å²) in [6.45, 7) is 2.94. The standard InChI is InChI=1S/C17H18N4/c1-14(17-5-2-3-10-18-17)19-13-15-6-8-16(9-7-15)21-12-4-11-20-21/h2-12,14,19H,13H2,1H3/t14-/m1/s1. The van der Waals surface area contributed by atoms with Gasteiger partial charge in [0.1, 0.15) is 0 Å². The van der Waals surface area contributed by atoms with E-state index in [9.17, 15) is 0 Å². The maximum absolute atomic E-state index is 4.36. The summed E-state index contributed by atoms with van der Waals surface area (Å²) in [5.41, 5.74) is 3.38. The summed E-state index contributed by atoms with van der Waals surface area (Å²) in [5.74, 6) is 0. The van der Waals surface area contributed by atoms with E-state index in [0.29, 0.717) is 0 Å². The lowest BCUT2D eigenvalue weighted by molar-refractivity contribution is 0.561. The summed E-state index contributed by atoms with van der Waals surface area (Å²) in [6.07, 6.45) is 5.55. The number of nitrogens with zero attached hydrogens (tertiary/aromatic N) is 3. The first-order valence-corrected chi connectivity index (χ1v) is 7.06. The minimum Gasteiger partial charge on any atom is -0.305 e. The Labute approximate surface area is 124 Å². The second-order valence-corrected chi connectivity index (χ2v) is 4.97. The molecule has 0 saturated heterocycles. The van der Waals surface area contributed by atoms with Gasteiger partial charge in [-0.15, -0.1) is 0 Å². The smallest absolute Gasteiger partial charge is 0.0645 e. The van der Waals surface area contributed by atoms with E-state index in [1.807, 2.05) is 41.3 Å². The first kappa shape index (κ1) is 13.5. The Kier molecular flexibility index (Phi) is 4.07. The highest BCUT2D eigenvalue weighted by Gasteiger charge is 2.05. The Balaban J connectivity index is 1.61. The van der Waals surface area contributed by atoms with Crippen LogP contribution in [0.1, 0.15) is 24.2 Å². The van der Waals surface area contributed by atoms with E-state index >= 15 is 0 Å². The molecule has 0 aliphatic rings. The first-order valence-electron chi connectivity index (χ1n) is 7.06. The first-order chi connectivity index (χ1) is 10.3. The number of benzene rings is 1. The lowest BCUT2D eigenvalue weighted by Crippen LogP contribution is -2.18. The molecular formula is C17H18N4. The van der Waals surface area contributed by atoms with Crippen LogP contribution in [0.15, 0.2) is 67.1 Å².